The van der Waals surface area contributed by atoms with E-state index in [0.29, 0.717) is 9.69 Å². The van der Waals surface area contributed by atoms with Crippen molar-refractivity contribution in [3.63, 3.8) is 0 Å². The molecule has 1 atom stereocenters. The molecule has 1 heterocycles. The Hall–Kier alpha value is -2.41. The molecule has 0 saturated carbocycles. The van der Waals surface area contributed by atoms with Crippen LogP contribution in [-0.2, 0) is 24.3 Å². The molecule has 1 aliphatic rings. The number of esters is 1. The van der Waals surface area contributed by atoms with Crippen molar-refractivity contribution in [2.75, 3.05) is 13.7 Å². The lowest BCUT2D eigenvalue weighted by Crippen LogP contribution is -2.44. The highest BCUT2D eigenvalue weighted by atomic mass is 32.2. The van der Waals surface area contributed by atoms with Crippen LogP contribution in [-0.4, -0.2) is 38.3 Å². The van der Waals surface area contributed by atoms with Crippen LogP contribution in [0.4, 0.5) is 0 Å². The topological polar surface area (TPSA) is 80.8 Å². The molecule has 2 aromatic rings. The van der Waals surface area contributed by atoms with E-state index in [1.54, 1.807) is 37.3 Å². The van der Waals surface area contributed by atoms with Crippen LogP contribution in [0.2, 0.25) is 0 Å². The second-order valence-electron chi connectivity index (χ2n) is 5.19. The van der Waals surface area contributed by atoms with E-state index in [4.69, 9.17) is 4.74 Å². The summed E-state index contributed by atoms with van der Waals surface area (Å²) in [6, 6.07) is 10.1. The van der Waals surface area contributed by atoms with E-state index >= 15 is 0 Å². The molecule has 0 radical (unpaired) electrons. The lowest BCUT2D eigenvalue weighted by Gasteiger charge is -2.30. The molecule has 1 aliphatic heterocycles. The van der Waals surface area contributed by atoms with Gasteiger partial charge in [-0.05, 0) is 23.8 Å². The minimum Gasteiger partial charge on any atom is -0.465 e. The van der Waals surface area contributed by atoms with Crippen molar-refractivity contribution in [3.8, 4) is 0 Å². The second-order valence-corrected chi connectivity index (χ2v) is 7.13. The summed E-state index contributed by atoms with van der Waals surface area (Å²) < 4.78 is 30.7. The monoisotopic (exact) mass is 333 g/mol. The van der Waals surface area contributed by atoms with Crippen molar-refractivity contribution in [1.29, 1.82) is 0 Å². The molecule has 0 bridgehead atoms. The fourth-order valence-electron chi connectivity index (χ4n) is 2.81. The van der Waals surface area contributed by atoms with Crippen LogP contribution in [0.25, 0.3) is 10.8 Å². The molecule has 0 fully saturated rings. The first-order chi connectivity index (χ1) is 10.9. The normalized spacial score (nSPS) is 19.5. The van der Waals surface area contributed by atoms with Crippen LogP contribution in [0.5, 0.6) is 0 Å². The van der Waals surface area contributed by atoms with Gasteiger partial charge < -0.3 is 4.74 Å². The van der Waals surface area contributed by atoms with Crippen molar-refractivity contribution in [1.82, 2.24) is 4.31 Å². The summed E-state index contributed by atoms with van der Waals surface area (Å²) in [4.78, 5) is 24.8. The zero-order valence-corrected chi connectivity index (χ0v) is 13.5. The van der Waals surface area contributed by atoms with Crippen LogP contribution in [0.3, 0.4) is 0 Å². The van der Waals surface area contributed by atoms with Crippen molar-refractivity contribution in [3.05, 3.63) is 42.0 Å². The number of hydrogen-bond donors (Lipinski definition) is 0. The lowest BCUT2D eigenvalue weighted by molar-refractivity contribution is -0.149. The highest BCUT2D eigenvalue weighted by molar-refractivity contribution is 7.89. The lowest BCUT2D eigenvalue weighted by atomic mass is 9.92. The number of carbonyl (C=O) groups is 2. The Labute approximate surface area is 133 Å². The molecule has 1 amide bonds. The van der Waals surface area contributed by atoms with E-state index in [1.165, 1.54) is 6.07 Å². The molecule has 2 aromatic carbocycles. The van der Waals surface area contributed by atoms with Crippen LogP contribution < -0.4 is 0 Å². The van der Waals surface area contributed by atoms with Gasteiger partial charge in [0.05, 0.1) is 11.5 Å². The van der Waals surface area contributed by atoms with Crippen molar-refractivity contribution in [2.24, 2.45) is 0 Å². The number of amides is 1. The molecule has 6 nitrogen and oxygen atoms in total. The predicted octanol–water partition coefficient (Wildman–Crippen LogP) is 1.65. The number of likely N-dealkylation sites (N-methyl/N-ethyl adjacent to an activating group) is 1. The maximum Gasteiger partial charge on any atom is 0.323 e. The quantitative estimate of drug-likeness (QED) is 0.616. The Morgan fingerprint density at radius 1 is 1.22 bits per heavy atom. The van der Waals surface area contributed by atoms with Crippen molar-refractivity contribution in [2.45, 2.75) is 17.7 Å². The summed E-state index contributed by atoms with van der Waals surface area (Å²) in [5.41, 5.74) is 0.199. The second kappa shape index (κ2) is 5.34. The first-order valence-corrected chi connectivity index (χ1v) is 8.54. The Morgan fingerprint density at radius 3 is 2.61 bits per heavy atom. The molecule has 3 rings (SSSR count). The van der Waals surface area contributed by atoms with Gasteiger partial charge >= 0.3 is 5.97 Å². The molecule has 7 heteroatoms. The highest BCUT2D eigenvalue weighted by Crippen LogP contribution is 2.39. The fraction of sp³-hybridized carbons (Fsp3) is 0.250. The van der Waals surface area contributed by atoms with E-state index in [9.17, 15) is 18.0 Å². The molecule has 1 unspecified atom stereocenters. The highest BCUT2D eigenvalue weighted by Gasteiger charge is 2.46. The Kier molecular flexibility index (Phi) is 3.60. The summed E-state index contributed by atoms with van der Waals surface area (Å²) in [6.07, 6.45) is 0. The van der Waals surface area contributed by atoms with Gasteiger partial charge in [-0.3, -0.25) is 9.59 Å². The number of hydrogen-bond acceptors (Lipinski definition) is 5. The predicted molar refractivity (Wildman–Crippen MR) is 83.3 cm³/mol. The Bertz CT molecular complexity index is 919. The number of fused-ring (bicyclic) bond motifs is 3. The first-order valence-electron chi connectivity index (χ1n) is 7.10. The minimum absolute atomic E-state index is 0.0312. The smallest absolute Gasteiger partial charge is 0.323 e. The Balaban J connectivity index is 2.39. The molecule has 0 N–H and O–H groups in total. The van der Waals surface area contributed by atoms with Crippen molar-refractivity contribution < 1.29 is 22.7 Å². The number of carbonyl (C=O) groups excluding carboxylic acids is 2. The van der Waals surface area contributed by atoms with Gasteiger partial charge in [0.1, 0.15) is 0 Å². The van der Waals surface area contributed by atoms with Crippen molar-refractivity contribution >= 4 is 32.7 Å². The van der Waals surface area contributed by atoms with Gasteiger partial charge in [0.2, 0.25) is 0 Å². The average Bonchev–Trinajstić information content (AvgIpc) is 2.53. The van der Waals surface area contributed by atoms with Gasteiger partial charge in [-0.2, -0.15) is 0 Å². The molecular formula is C16H15NO5S. The zero-order valence-electron chi connectivity index (χ0n) is 12.6. The molecule has 0 spiro atoms. The summed E-state index contributed by atoms with van der Waals surface area (Å²) in [7, 11) is -2.81. The van der Waals surface area contributed by atoms with Crippen LogP contribution >= 0.6 is 0 Å². The zero-order chi connectivity index (χ0) is 16.8. The van der Waals surface area contributed by atoms with Gasteiger partial charge in [-0.15, -0.1) is 0 Å². The van der Waals surface area contributed by atoms with Crippen LogP contribution in [0.15, 0.2) is 41.3 Å². The molecule has 23 heavy (non-hydrogen) atoms. The molecule has 0 aliphatic carbocycles. The molecule has 0 saturated heterocycles. The first kappa shape index (κ1) is 15.5. The van der Waals surface area contributed by atoms with Gasteiger partial charge in [-0.25, -0.2) is 12.7 Å². The van der Waals surface area contributed by atoms with E-state index < -0.39 is 27.8 Å². The number of benzene rings is 2. The summed E-state index contributed by atoms with van der Waals surface area (Å²) in [5, 5.41) is 1.32. The van der Waals surface area contributed by atoms with Crippen LogP contribution in [0.1, 0.15) is 18.4 Å². The SMILES string of the molecule is CCOC(=O)C1C(=O)N(C)S(=O)(=O)c2ccc3ccccc3c21. The van der Waals surface area contributed by atoms with E-state index in [2.05, 4.69) is 0 Å². The number of nitrogens with zero attached hydrogens (tertiary/aromatic N) is 1. The summed E-state index contributed by atoms with van der Waals surface area (Å²) in [5.74, 6) is -2.81. The van der Waals surface area contributed by atoms with Gasteiger partial charge in [0.25, 0.3) is 15.9 Å². The van der Waals surface area contributed by atoms with E-state index in [0.717, 1.165) is 12.4 Å². The summed E-state index contributed by atoms with van der Waals surface area (Å²) in [6.45, 7) is 1.74. The minimum atomic E-state index is -3.97. The van der Waals surface area contributed by atoms with E-state index in [-0.39, 0.29) is 17.1 Å². The third kappa shape index (κ3) is 2.19. The number of sulfonamides is 1. The Morgan fingerprint density at radius 2 is 1.91 bits per heavy atom. The maximum absolute atomic E-state index is 12.5. The number of rotatable bonds is 2. The van der Waals surface area contributed by atoms with E-state index in [1.807, 2.05) is 0 Å². The molecular weight excluding hydrogens is 318 g/mol. The standard InChI is InChI=1S/C16H15NO5S/c1-3-22-16(19)14-13-11-7-5-4-6-10(11)8-9-12(13)23(20,21)17(2)15(14)18/h4-9,14H,3H2,1-2H3. The molecule has 120 valence electrons. The summed E-state index contributed by atoms with van der Waals surface area (Å²) >= 11 is 0. The largest absolute Gasteiger partial charge is 0.465 e. The average molecular weight is 333 g/mol. The number of ether oxygens (including phenoxy) is 1. The van der Waals surface area contributed by atoms with Gasteiger partial charge in [-0.1, -0.05) is 30.3 Å². The van der Waals surface area contributed by atoms with Crippen LogP contribution in [0, 0.1) is 0 Å². The third-order valence-corrected chi connectivity index (χ3v) is 5.75. The van der Waals surface area contributed by atoms with Gasteiger partial charge in [0, 0.05) is 12.6 Å². The fourth-order valence-corrected chi connectivity index (χ4v) is 4.20. The molecule has 0 aromatic heterocycles. The maximum atomic E-state index is 12.5. The van der Waals surface area contributed by atoms with Gasteiger partial charge in [0.15, 0.2) is 5.92 Å². The third-order valence-electron chi connectivity index (χ3n) is 3.94.